The van der Waals surface area contributed by atoms with E-state index in [9.17, 15) is 9.59 Å². The fraction of sp³-hybridized carbons (Fsp3) is 0.412. The van der Waals surface area contributed by atoms with Crippen molar-refractivity contribution in [1.29, 1.82) is 0 Å². The highest BCUT2D eigenvalue weighted by Gasteiger charge is 2.35. The summed E-state index contributed by atoms with van der Waals surface area (Å²) in [7, 11) is 0. The van der Waals surface area contributed by atoms with Crippen LogP contribution in [0.5, 0.6) is 0 Å². The Bertz CT molecular complexity index is 577. The van der Waals surface area contributed by atoms with Crippen molar-refractivity contribution >= 4 is 17.3 Å². The molecule has 0 unspecified atom stereocenters. The van der Waals surface area contributed by atoms with Crippen LogP contribution in [0.1, 0.15) is 44.7 Å². The molecule has 0 aliphatic heterocycles. The van der Waals surface area contributed by atoms with E-state index in [0.717, 1.165) is 11.1 Å². The van der Waals surface area contributed by atoms with E-state index in [2.05, 4.69) is 0 Å². The van der Waals surface area contributed by atoms with Gasteiger partial charge in [-0.3, -0.25) is 9.59 Å². The summed E-state index contributed by atoms with van der Waals surface area (Å²) < 4.78 is 5.31. The van der Waals surface area contributed by atoms with Gasteiger partial charge in [0, 0.05) is 19.8 Å². The summed E-state index contributed by atoms with van der Waals surface area (Å²) in [5, 5.41) is 0. The summed E-state index contributed by atoms with van der Waals surface area (Å²) in [4.78, 5) is 23.7. The highest BCUT2D eigenvalue weighted by atomic mass is 16.5. The van der Waals surface area contributed by atoms with Crippen molar-refractivity contribution in [2.75, 3.05) is 0 Å². The third-order valence-electron chi connectivity index (χ3n) is 3.44. The molecule has 0 fully saturated rings. The first kappa shape index (κ1) is 14.5. The summed E-state index contributed by atoms with van der Waals surface area (Å²) in [6, 6.07) is 7.73. The van der Waals surface area contributed by atoms with Crippen LogP contribution in [0.2, 0.25) is 0 Å². The fourth-order valence-electron chi connectivity index (χ4n) is 2.57. The van der Waals surface area contributed by atoms with Gasteiger partial charge in [-0.1, -0.05) is 43.7 Å². The van der Waals surface area contributed by atoms with Crippen molar-refractivity contribution in [2.24, 2.45) is 5.41 Å². The number of rotatable bonds is 2. The molecule has 20 heavy (non-hydrogen) atoms. The molecule has 0 amide bonds. The highest BCUT2D eigenvalue weighted by Crippen LogP contribution is 2.40. The summed E-state index contributed by atoms with van der Waals surface area (Å²) >= 11 is 0. The molecule has 1 aromatic rings. The molecule has 0 atom stereocenters. The Hall–Kier alpha value is -1.90. The molecule has 2 rings (SSSR count). The number of carbonyl (C=O) groups excluding carboxylic acids is 2. The molecule has 0 heterocycles. The van der Waals surface area contributed by atoms with Crippen LogP contribution < -0.4 is 0 Å². The minimum absolute atomic E-state index is 0.0429. The van der Waals surface area contributed by atoms with Crippen LogP contribution in [0.15, 0.2) is 30.0 Å². The summed E-state index contributed by atoms with van der Waals surface area (Å²) in [5.41, 5.74) is 2.34. The lowest BCUT2D eigenvalue weighted by Crippen LogP contribution is -2.26. The van der Waals surface area contributed by atoms with Crippen molar-refractivity contribution in [3.8, 4) is 0 Å². The molecule has 106 valence electrons. The molecule has 0 saturated heterocycles. The Balaban J connectivity index is 2.52. The van der Waals surface area contributed by atoms with Crippen LogP contribution in [-0.2, 0) is 14.3 Å². The summed E-state index contributed by atoms with van der Waals surface area (Å²) in [5.74, 6) is 0.166. The van der Waals surface area contributed by atoms with Gasteiger partial charge in [-0.2, -0.15) is 0 Å². The van der Waals surface area contributed by atoms with Crippen molar-refractivity contribution < 1.29 is 14.3 Å². The highest BCUT2D eigenvalue weighted by molar-refractivity contribution is 6.22. The maximum Gasteiger partial charge on any atom is 0.307 e. The third-order valence-corrected chi connectivity index (χ3v) is 3.44. The zero-order chi connectivity index (χ0) is 14.9. The normalized spacial score (nSPS) is 18.1. The van der Waals surface area contributed by atoms with E-state index in [-0.39, 0.29) is 17.2 Å². The lowest BCUT2D eigenvalue weighted by molar-refractivity contribution is -0.137. The number of hydrogen-bond acceptors (Lipinski definition) is 3. The van der Waals surface area contributed by atoms with Gasteiger partial charge in [0.05, 0.1) is 5.57 Å². The summed E-state index contributed by atoms with van der Waals surface area (Å²) in [6.45, 7) is 7.39. The first-order valence-corrected chi connectivity index (χ1v) is 6.80. The van der Waals surface area contributed by atoms with E-state index in [4.69, 9.17) is 4.74 Å². The number of allylic oxidation sites excluding steroid dienone is 2. The Labute approximate surface area is 119 Å². The van der Waals surface area contributed by atoms with Gasteiger partial charge in [0.25, 0.3) is 0 Å². The van der Waals surface area contributed by atoms with Gasteiger partial charge in [0.1, 0.15) is 5.76 Å². The summed E-state index contributed by atoms with van der Waals surface area (Å²) in [6.07, 6.45) is 1.07. The lowest BCUT2D eigenvalue weighted by atomic mass is 9.75. The van der Waals surface area contributed by atoms with E-state index in [1.54, 1.807) is 0 Å². The Morgan fingerprint density at radius 3 is 2.30 bits per heavy atom. The van der Waals surface area contributed by atoms with E-state index >= 15 is 0 Å². The molecule has 0 radical (unpaired) electrons. The fourth-order valence-corrected chi connectivity index (χ4v) is 2.57. The van der Waals surface area contributed by atoms with Crippen molar-refractivity contribution in [3.05, 3.63) is 41.2 Å². The first-order chi connectivity index (χ1) is 9.28. The maximum absolute atomic E-state index is 12.4. The van der Waals surface area contributed by atoms with E-state index < -0.39 is 0 Å². The molecule has 0 saturated carbocycles. The number of ether oxygens (including phenoxy) is 1. The molecule has 1 aliphatic carbocycles. The molecule has 0 bridgehead atoms. The van der Waals surface area contributed by atoms with Crippen LogP contribution in [-0.4, -0.2) is 11.8 Å². The monoisotopic (exact) mass is 272 g/mol. The van der Waals surface area contributed by atoms with Gasteiger partial charge < -0.3 is 4.74 Å². The minimum atomic E-state index is -0.380. The van der Waals surface area contributed by atoms with Crippen LogP contribution in [0.3, 0.4) is 0 Å². The molecule has 3 heteroatoms. The van der Waals surface area contributed by atoms with E-state index in [1.807, 2.05) is 45.0 Å². The quantitative estimate of drug-likeness (QED) is 0.772. The molecule has 0 spiro atoms. The number of hydrogen-bond donors (Lipinski definition) is 0. The largest absolute Gasteiger partial charge is 0.430 e. The SMILES string of the molecule is CC(=O)OC1=C(c2ccc(C)cc2)C(=O)CC(C)(C)C1. The second kappa shape index (κ2) is 5.23. The topological polar surface area (TPSA) is 43.4 Å². The number of benzene rings is 1. The van der Waals surface area contributed by atoms with Crippen LogP contribution in [0, 0.1) is 12.3 Å². The van der Waals surface area contributed by atoms with Gasteiger partial charge in [0.2, 0.25) is 0 Å². The average Bonchev–Trinajstić information content (AvgIpc) is 2.28. The second-order valence-corrected chi connectivity index (χ2v) is 6.20. The van der Waals surface area contributed by atoms with Gasteiger partial charge in [-0.15, -0.1) is 0 Å². The van der Waals surface area contributed by atoms with Crippen LogP contribution >= 0.6 is 0 Å². The molecule has 0 N–H and O–H groups in total. The van der Waals surface area contributed by atoms with Gasteiger partial charge in [-0.05, 0) is 17.9 Å². The van der Waals surface area contributed by atoms with Crippen molar-refractivity contribution in [3.63, 3.8) is 0 Å². The number of Topliss-reactive ketones (excluding diaryl/α,β-unsaturated/α-hetero) is 1. The van der Waals surface area contributed by atoms with Crippen LogP contribution in [0.4, 0.5) is 0 Å². The third kappa shape index (κ3) is 3.16. The lowest BCUT2D eigenvalue weighted by Gasteiger charge is -2.31. The molecule has 0 aromatic heterocycles. The number of ketones is 1. The van der Waals surface area contributed by atoms with Gasteiger partial charge >= 0.3 is 5.97 Å². The predicted octanol–water partition coefficient (Wildman–Crippen LogP) is 3.66. The van der Waals surface area contributed by atoms with Crippen LogP contribution in [0.25, 0.3) is 5.57 Å². The predicted molar refractivity (Wildman–Crippen MR) is 77.9 cm³/mol. The number of esters is 1. The Morgan fingerprint density at radius 2 is 1.75 bits per heavy atom. The second-order valence-electron chi connectivity index (χ2n) is 6.20. The Morgan fingerprint density at radius 1 is 1.15 bits per heavy atom. The van der Waals surface area contributed by atoms with Crippen molar-refractivity contribution in [1.82, 2.24) is 0 Å². The van der Waals surface area contributed by atoms with Gasteiger partial charge in [-0.25, -0.2) is 0 Å². The standard InChI is InChI=1S/C17H20O3/c1-11-5-7-13(8-6-11)16-14(19)9-17(3,4)10-15(16)20-12(2)18/h5-8H,9-10H2,1-4H3. The smallest absolute Gasteiger partial charge is 0.307 e. The number of carbonyl (C=O) groups is 2. The minimum Gasteiger partial charge on any atom is -0.430 e. The van der Waals surface area contributed by atoms with E-state index in [1.165, 1.54) is 6.92 Å². The first-order valence-electron chi connectivity index (χ1n) is 6.80. The molecule has 3 nitrogen and oxygen atoms in total. The molecular formula is C17H20O3. The maximum atomic E-state index is 12.4. The van der Waals surface area contributed by atoms with Crippen molar-refractivity contribution in [2.45, 2.75) is 40.5 Å². The van der Waals surface area contributed by atoms with Gasteiger partial charge in [0.15, 0.2) is 5.78 Å². The molecule has 1 aliphatic rings. The Kier molecular flexibility index (Phi) is 3.80. The average molecular weight is 272 g/mol. The number of aryl methyl sites for hydroxylation is 1. The van der Waals surface area contributed by atoms with E-state index in [0.29, 0.717) is 24.2 Å². The molecular weight excluding hydrogens is 252 g/mol. The molecule has 1 aromatic carbocycles. The zero-order valence-electron chi connectivity index (χ0n) is 12.4. The zero-order valence-corrected chi connectivity index (χ0v) is 12.4.